The Morgan fingerprint density at radius 2 is 1.33 bits per heavy atom. The summed E-state index contributed by atoms with van der Waals surface area (Å²) in [7, 11) is 1.23. The predicted octanol–water partition coefficient (Wildman–Crippen LogP) is 6.26. The molecule has 0 saturated carbocycles. The first-order valence-corrected chi connectivity index (χ1v) is 10.0. The van der Waals surface area contributed by atoms with Crippen LogP contribution in [0.5, 0.6) is 0 Å². The molecule has 2 nitrogen and oxygen atoms in total. The molecule has 0 spiro atoms. The number of hydrogen-bond donors (Lipinski definition) is 0. The summed E-state index contributed by atoms with van der Waals surface area (Å²) in [6.45, 7) is 24.3. The zero-order chi connectivity index (χ0) is 19.1. The maximum Gasteiger partial charge on any atom is 0.127 e. The molecule has 0 fully saturated rings. The van der Waals surface area contributed by atoms with Gasteiger partial charge in [-0.3, -0.25) is 0 Å². The van der Waals surface area contributed by atoms with Crippen LogP contribution in [0.3, 0.4) is 0 Å². The number of ether oxygens (including phenoxy) is 2. The molecule has 0 radical (unpaired) electrons. The molecule has 3 heteroatoms. The average molecular weight is 340 g/mol. The maximum absolute atomic E-state index is 6.22. The Kier molecular flexibility index (Phi) is 9.61. The van der Waals surface area contributed by atoms with E-state index in [1.165, 1.54) is 20.0 Å². The Bertz CT molecular complexity index is 340. The molecule has 0 bridgehead atoms. The topological polar surface area (TPSA) is 18.5 Å². The van der Waals surface area contributed by atoms with Gasteiger partial charge in [0.05, 0.1) is 11.2 Å². The second-order valence-corrected chi connectivity index (χ2v) is 10.3. The van der Waals surface area contributed by atoms with Crippen LogP contribution in [0.15, 0.2) is 0 Å². The Balaban J connectivity index is 4.14. The van der Waals surface area contributed by atoms with E-state index in [-0.39, 0.29) is 16.6 Å². The third-order valence-electron chi connectivity index (χ3n) is 5.67. The fourth-order valence-corrected chi connectivity index (χ4v) is 2.48. The molecular weight excluding hydrogens is 295 g/mol. The molecule has 0 unspecified atom stereocenters. The monoisotopic (exact) mass is 340 g/mol. The van der Waals surface area contributed by atoms with E-state index in [9.17, 15) is 0 Å². The van der Waals surface area contributed by atoms with Crippen molar-refractivity contribution in [2.24, 2.45) is 5.41 Å². The van der Waals surface area contributed by atoms with Crippen LogP contribution in [0.1, 0.15) is 94.9 Å². The van der Waals surface area contributed by atoms with E-state index >= 15 is 0 Å². The van der Waals surface area contributed by atoms with E-state index in [4.69, 9.17) is 9.47 Å². The minimum atomic E-state index is -0.0851. The van der Waals surface area contributed by atoms with E-state index in [0.717, 1.165) is 32.5 Å². The van der Waals surface area contributed by atoms with Gasteiger partial charge in [0.2, 0.25) is 0 Å². The Morgan fingerprint density at radius 1 is 0.750 bits per heavy atom. The lowest BCUT2D eigenvalue weighted by Gasteiger charge is -2.39. The lowest BCUT2D eigenvalue weighted by atomic mass is 9.50. The molecular formula is C21H45BO2. The van der Waals surface area contributed by atoms with Crippen molar-refractivity contribution in [3.63, 3.8) is 0 Å². The van der Waals surface area contributed by atoms with Gasteiger partial charge in [-0.25, -0.2) is 0 Å². The fraction of sp³-hybridized carbons (Fsp3) is 1.00. The van der Waals surface area contributed by atoms with E-state index < -0.39 is 0 Å². The molecule has 0 rings (SSSR count). The first kappa shape index (κ1) is 24.0. The Morgan fingerprint density at radius 3 is 1.83 bits per heavy atom. The van der Waals surface area contributed by atoms with Crippen molar-refractivity contribution < 1.29 is 9.47 Å². The van der Waals surface area contributed by atoms with Crippen LogP contribution in [0.25, 0.3) is 0 Å². The molecule has 0 saturated heterocycles. The molecule has 0 atom stereocenters. The zero-order valence-electron chi connectivity index (χ0n) is 18.5. The lowest BCUT2D eigenvalue weighted by Crippen LogP contribution is -2.40. The molecule has 0 heterocycles. The summed E-state index contributed by atoms with van der Waals surface area (Å²) in [6.07, 6.45) is 5.83. The summed E-state index contributed by atoms with van der Waals surface area (Å²) in [6, 6.07) is 0. The molecule has 0 N–H and O–H groups in total. The van der Waals surface area contributed by atoms with Crippen molar-refractivity contribution in [3.8, 4) is 0 Å². The summed E-state index contributed by atoms with van der Waals surface area (Å²) in [5.41, 5.74) is 0.0885. The summed E-state index contributed by atoms with van der Waals surface area (Å²) < 4.78 is 12.2. The number of hydrogen-bond acceptors (Lipinski definition) is 2. The van der Waals surface area contributed by atoms with Gasteiger partial charge >= 0.3 is 0 Å². The Hall–Kier alpha value is -0.0151. The highest BCUT2D eigenvalue weighted by atomic mass is 16.5. The first-order valence-electron chi connectivity index (χ1n) is 10.0. The molecule has 0 aromatic rings. The van der Waals surface area contributed by atoms with Crippen LogP contribution in [0.2, 0.25) is 11.6 Å². The predicted molar refractivity (Wildman–Crippen MR) is 110 cm³/mol. The standard InChI is InChI=1S/C21H45BO2/c1-11-12-16-23-20(7,8)13-15-22-19(5,6)14-17-24-21(9,10)18(2,3)4/h22H,11-17H2,1-10H3. The van der Waals surface area contributed by atoms with Gasteiger partial charge in [-0.1, -0.05) is 59.6 Å². The van der Waals surface area contributed by atoms with Crippen LogP contribution < -0.4 is 0 Å². The fourth-order valence-electron chi connectivity index (χ4n) is 2.48. The molecule has 24 heavy (non-hydrogen) atoms. The first-order chi connectivity index (χ1) is 10.7. The van der Waals surface area contributed by atoms with Crippen molar-refractivity contribution in [2.75, 3.05) is 13.2 Å². The van der Waals surface area contributed by atoms with Crippen molar-refractivity contribution in [1.82, 2.24) is 0 Å². The van der Waals surface area contributed by atoms with E-state index in [0.29, 0.717) is 5.31 Å². The molecule has 0 aliphatic heterocycles. The summed E-state index contributed by atoms with van der Waals surface area (Å²) in [5, 5.41) is 0.327. The summed E-state index contributed by atoms with van der Waals surface area (Å²) >= 11 is 0. The van der Waals surface area contributed by atoms with Crippen molar-refractivity contribution in [3.05, 3.63) is 0 Å². The second-order valence-electron chi connectivity index (χ2n) is 10.3. The van der Waals surface area contributed by atoms with E-state index in [1.54, 1.807) is 0 Å². The highest BCUT2D eigenvalue weighted by Crippen LogP contribution is 2.35. The molecule has 0 aliphatic carbocycles. The molecule has 144 valence electrons. The number of rotatable bonds is 12. The molecule has 0 aromatic carbocycles. The molecule has 0 aliphatic rings. The van der Waals surface area contributed by atoms with Crippen LogP contribution >= 0.6 is 0 Å². The second kappa shape index (κ2) is 9.62. The van der Waals surface area contributed by atoms with Gasteiger partial charge in [0, 0.05) is 13.2 Å². The summed E-state index contributed by atoms with van der Waals surface area (Å²) in [4.78, 5) is 0. The van der Waals surface area contributed by atoms with Crippen molar-refractivity contribution in [1.29, 1.82) is 0 Å². The highest BCUT2D eigenvalue weighted by Gasteiger charge is 2.34. The Labute approximate surface area is 153 Å². The zero-order valence-corrected chi connectivity index (χ0v) is 18.5. The van der Waals surface area contributed by atoms with Crippen molar-refractivity contribution in [2.45, 2.75) is 118 Å². The van der Waals surface area contributed by atoms with Crippen LogP contribution in [-0.2, 0) is 9.47 Å². The minimum absolute atomic E-state index is 0.00990. The van der Waals surface area contributed by atoms with Gasteiger partial charge in [-0.2, -0.15) is 0 Å². The van der Waals surface area contributed by atoms with Gasteiger partial charge in [0.25, 0.3) is 0 Å². The van der Waals surface area contributed by atoms with Crippen LogP contribution in [-0.4, -0.2) is 31.7 Å². The van der Waals surface area contributed by atoms with Crippen LogP contribution in [0.4, 0.5) is 0 Å². The van der Waals surface area contributed by atoms with Gasteiger partial charge in [-0.15, -0.1) is 0 Å². The number of unbranched alkanes of at least 4 members (excludes halogenated alkanes) is 1. The van der Waals surface area contributed by atoms with Gasteiger partial charge < -0.3 is 9.47 Å². The van der Waals surface area contributed by atoms with E-state index in [1.807, 2.05) is 0 Å². The van der Waals surface area contributed by atoms with E-state index in [2.05, 4.69) is 69.2 Å². The third kappa shape index (κ3) is 10.1. The third-order valence-corrected chi connectivity index (χ3v) is 5.67. The van der Waals surface area contributed by atoms with Crippen molar-refractivity contribution >= 4 is 7.28 Å². The smallest absolute Gasteiger partial charge is 0.127 e. The highest BCUT2D eigenvalue weighted by molar-refractivity contribution is 6.39. The quantitative estimate of drug-likeness (QED) is 0.308. The van der Waals surface area contributed by atoms with Crippen LogP contribution in [0, 0.1) is 5.41 Å². The van der Waals surface area contributed by atoms with Gasteiger partial charge in [-0.05, 0) is 52.4 Å². The normalized spacial score (nSPS) is 14.1. The average Bonchev–Trinajstić information content (AvgIpc) is 2.36. The SMILES string of the molecule is CCCCOC(C)(C)CCBC(C)(C)CCOC(C)(C)C(C)(C)C. The minimum Gasteiger partial charge on any atom is -0.376 e. The largest absolute Gasteiger partial charge is 0.376 e. The van der Waals surface area contributed by atoms with Gasteiger partial charge in [0.15, 0.2) is 0 Å². The molecule has 0 aromatic heterocycles. The summed E-state index contributed by atoms with van der Waals surface area (Å²) in [5.74, 6) is 0. The maximum atomic E-state index is 6.22. The lowest BCUT2D eigenvalue weighted by molar-refractivity contribution is -0.0924. The van der Waals surface area contributed by atoms with Gasteiger partial charge in [0.1, 0.15) is 7.28 Å². The molecule has 0 amide bonds.